The highest BCUT2D eigenvalue weighted by Gasteiger charge is 2.28. The third kappa shape index (κ3) is 6.88. The smallest absolute Gasteiger partial charge is 0.264 e. The maximum absolute atomic E-state index is 13.5. The highest BCUT2D eigenvalue weighted by molar-refractivity contribution is 7.92. The average Bonchev–Trinajstić information content (AvgIpc) is 2.87. The lowest BCUT2D eigenvalue weighted by molar-refractivity contribution is -0.119. The first-order chi connectivity index (χ1) is 17.4. The van der Waals surface area contributed by atoms with Crippen LogP contribution in [0.15, 0.2) is 82.6 Å². The summed E-state index contributed by atoms with van der Waals surface area (Å²) in [7, 11) is -4.62. The molecule has 0 saturated carbocycles. The monoisotopic (exact) mass is 545 g/mol. The number of sulfonamides is 2. The zero-order valence-corrected chi connectivity index (χ0v) is 22.8. The predicted octanol–water partition coefficient (Wildman–Crippen LogP) is 2.94. The minimum absolute atomic E-state index is 0.0896. The molecule has 3 rings (SSSR count). The topological polar surface area (TPSA) is 113 Å². The molecule has 3 aromatic carbocycles. The first-order valence-corrected chi connectivity index (χ1v) is 14.4. The summed E-state index contributed by atoms with van der Waals surface area (Å²) < 4.78 is 59.1. The van der Waals surface area contributed by atoms with Crippen LogP contribution in [0.4, 0.5) is 5.69 Å². The summed E-state index contributed by atoms with van der Waals surface area (Å²) in [5.41, 5.74) is 2.02. The SMILES string of the molecule is Cc1ccc(C)c(N(CC(=O)NCCOc2ccc(S(=O)(=O)N(C)C)cc2)S(=O)(=O)c2ccccc2)c1. The molecule has 1 amide bonds. The van der Waals surface area contributed by atoms with Crippen molar-refractivity contribution in [1.29, 1.82) is 0 Å². The van der Waals surface area contributed by atoms with E-state index in [0.717, 1.165) is 19.7 Å². The van der Waals surface area contributed by atoms with Crippen LogP contribution in [0.5, 0.6) is 5.75 Å². The van der Waals surface area contributed by atoms with Crippen LogP contribution in [0.3, 0.4) is 0 Å². The molecule has 0 aliphatic rings. The van der Waals surface area contributed by atoms with E-state index in [2.05, 4.69) is 5.32 Å². The largest absolute Gasteiger partial charge is 0.492 e. The maximum atomic E-state index is 13.5. The third-order valence-corrected chi connectivity index (χ3v) is 9.15. The minimum Gasteiger partial charge on any atom is -0.492 e. The van der Waals surface area contributed by atoms with Crippen molar-refractivity contribution in [2.45, 2.75) is 23.6 Å². The van der Waals surface area contributed by atoms with Crippen LogP contribution in [-0.2, 0) is 24.8 Å². The van der Waals surface area contributed by atoms with Gasteiger partial charge in [0.1, 0.15) is 18.9 Å². The van der Waals surface area contributed by atoms with Crippen molar-refractivity contribution in [3.8, 4) is 5.75 Å². The number of hydrogen-bond acceptors (Lipinski definition) is 6. The Morgan fingerprint density at radius 2 is 1.46 bits per heavy atom. The predicted molar refractivity (Wildman–Crippen MR) is 143 cm³/mol. The Morgan fingerprint density at radius 1 is 0.838 bits per heavy atom. The number of anilines is 1. The van der Waals surface area contributed by atoms with Gasteiger partial charge in [-0.05, 0) is 67.4 Å². The molecule has 1 N–H and O–H groups in total. The molecule has 0 atom stereocenters. The first-order valence-electron chi connectivity index (χ1n) is 11.5. The fraction of sp³-hybridized carbons (Fsp3) is 0.269. The third-order valence-electron chi connectivity index (χ3n) is 5.55. The van der Waals surface area contributed by atoms with Gasteiger partial charge in [-0.3, -0.25) is 9.10 Å². The molecular formula is C26H31N3O6S2. The molecule has 0 bridgehead atoms. The Bertz CT molecular complexity index is 1440. The van der Waals surface area contributed by atoms with Crippen molar-refractivity contribution in [2.75, 3.05) is 38.1 Å². The highest BCUT2D eigenvalue weighted by Crippen LogP contribution is 2.27. The lowest BCUT2D eigenvalue weighted by Crippen LogP contribution is -2.42. The van der Waals surface area contributed by atoms with Gasteiger partial charge >= 0.3 is 0 Å². The second-order valence-corrected chi connectivity index (χ2v) is 12.6. The molecule has 0 aliphatic heterocycles. The zero-order chi connectivity index (χ0) is 27.2. The van der Waals surface area contributed by atoms with E-state index in [1.165, 1.54) is 50.5 Å². The van der Waals surface area contributed by atoms with Crippen LogP contribution in [0, 0.1) is 13.8 Å². The van der Waals surface area contributed by atoms with Gasteiger partial charge in [-0.1, -0.05) is 30.3 Å². The van der Waals surface area contributed by atoms with Gasteiger partial charge in [0.2, 0.25) is 15.9 Å². The number of benzene rings is 3. The van der Waals surface area contributed by atoms with Crippen molar-refractivity contribution < 1.29 is 26.4 Å². The normalized spacial score (nSPS) is 11.8. The van der Waals surface area contributed by atoms with E-state index in [-0.39, 0.29) is 22.9 Å². The van der Waals surface area contributed by atoms with Crippen LogP contribution in [-0.4, -0.2) is 60.8 Å². The molecule has 198 valence electrons. The molecule has 0 fully saturated rings. The van der Waals surface area contributed by atoms with E-state index < -0.39 is 32.5 Å². The van der Waals surface area contributed by atoms with Crippen LogP contribution >= 0.6 is 0 Å². The summed E-state index contributed by atoms with van der Waals surface area (Å²) in [6.07, 6.45) is 0. The molecule has 11 heteroatoms. The van der Waals surface area contributed by atoms with Crippen molar-refractivity contribution in [1.82, 2.24) is 9.62 Å². The molecular weight excluding hydrogens is 514 g/mol. The molecule has 0 radical (unpaired) electrons. The Kier molecular flexibility index (Phi) is 8.95. The number of amides is 1. The summed E-state index contributed by atoms with van der Waals surface area (Å²) in [6, 6.07) is 19.4. The van der Waals surface area contributed by atoms with Gasteiger partial charge in [0.25, 0.3) is 10.0 Å². The number of nitrogens with zero attached hydrogens (tertiary/aromatic N) is 2. The van der Waals surface area contributed by atoms with E-state index in [9.17, 15) is 21.6 Å². The van der Waals surface area contributed by atoms with E-state index in [1.807, 2.05) is 19.1 Å². The Labute approximate surface area is 218 Å². The Morgan fingerprint density at radius 3 is 2.08 bits per heavy atom. The van der Waals surface area contributed by atoms with Crippen LogP contribution < -0.4 is 14.4 Å². The summed E-state index contributed by atoms with van der Waals surface area (Å²) in [4.78, 5) is 13.0. The van der Waals surface area contributed by atoms with Crippen LogP contribution in [0.1, 0.15) is 11.1 Å². The van der Waals surface area contributed by atoms with Crippen molar-refractivity contribution >= 4 is 31.6 Å². The van der Waals surface area contributed by atoms with Gasteiger partial charge in [0, 0.05) is 14.1 Å². The van der Waals surface area contributed by atoms with Crippen molar-refractivity contribution in [3.05, 3.63) is 83.9 Å². The summed E-state index contributed by atoms with van der Waals surface area (Å²) >= 11 is 0. The number of nitrogens with one attached hydrogen (secondary N) is 1. The fourth-order valence-electron chi connectivity index (χ4n) is 3.47. The standard InChI is InChI=1S/C26H31N3O6S2/c1-20-10-11-21(2)25(18-20)29(37(33,34)23-8-6-5-7-9-23)19-26(30)27-16-17-35-22-12-14-24(15-13-22)36(31,32)28(3)4/h5-15,18H,16-17,19H2,1-4H3,(H,27,30). The number of hydrogen-bond donors (Lipinski definition) is 1. The number of carbonyl (C=O) groups excluding carboxylic acids is 1. The average molecular weight is 546 g/mol. The minimum atomic E-state index is -4.00. The quantitative estimate of drug-likeness (QED) is 0.371. The first kappa shape index (κ1) is 28.2. The van der Waals surface area contributed by atoms with Gasteiger partial charge in [-0.2, -0.15) is 0 Å². The van der Waals surface area contributed by atoms with Gasteiger partial charge in [0.05, 0.1) is 22.0 Å². The number of rotatable bonds is 11. The lowest BCUT2D eigenvalue weighted by atomic mass is 10.1. The second kappa shape index (κ2) is 11.8. The molecule has 3 aromatic rings. The molecule has 0 spiro atoms. The fourth-order valence-corrected chi connectivity index (χ4v) is 5.87. The highest BCUT2D eigenvalue weighted by atomic mass is 32.2. The Hall–Kier alpha value is -3.41. The summed E-state index contributed by atoms with van der Waals surface area (Å²) in [6.45, 7) is 3.49. The van der Waals surface area contributed by atoms with E-state index >= 15 is 0 Å². The molecule has 0 saturated heterocycles. The van der Waals surface area contributed by atoms with Crippen molar-refractivity contribution in [3.63, 3.8) is 0 Å². The number of ether oxygens (including phenoxy) is 1. The van der Waals surface area contributed by atoms with Gasteiger partial charge in [-0.25, -0.2) is 21.1 Å². The zero-order valence-electron chi connectivity index (χ0n) is 21.2. The second-order valence-electron chi connectivity index (χ2n) is 8.57. The van der Waals surface area contributed by atoms with Crippen LogP contribution in [0.2, 0.25) is 0 Å². The number of aryl methyl sites for hydroxylation is 2. The molecule has 0 aromatic heterocycles. The van der Waals surface area contributed by atoms with Gasteiger partial charge in [0.15, 0.2) is 0 Å². The van der Waals surface area contributed by atoms with Gasteiger partial charge < -0.3 is 10.1 Å². The van der Waals surface area contributed by atoms with E-state index in [4.69, 9.17) is 4.74 Å². The van der Waals surface area contributed by atoms with E-state index in [0.29, 0.717) is 11.4 Å². The molecule has 0 aliphatic carbocycles. The molecule has 37 heavy (non-hydrogen) atoms. The van der Waals surface area contributed by atoms with Gasteiger partial charge in [-0.15, -0.1) is 0 Å². The van der Waals surface area contributed by atoms with Crippen LogP contribution in [0.25, 0.3) is 0 Å². The Balaban J connectivity index is 1.67. The molecule has 9 nitrogen and oxygen atoms in total. The summed E-state index contributed by atoms with van der Waals surface area (Å²) in [5.74, 6) is -0.0490. The molecule has 0 heterocycles. The van der Waals surface area contributed by atoms with Crippen molar-refractivity contribution in [2.24, 2.45) is 0 Å². The molecule has 0 unspecified atom stereocenters. The number of carbonyl (C=O) groups is 1. The maximum Gasteiger partial charge on any atom is 0.264 e. The lowest BCUT2D eigenvalue weighted by Gasteiger charge is -2.26. The summed E-state index contributed by atoms with van der Waals surface area (Å²) in [5, 5.41) is 2.69. The van der Waals surface area contributed by atoms with E-state index in [1.54, 1.807) is 31.2 Å².